The molecule has 7 nitrogen and oxygen atoms in total. The molecule has 0 fully saturated rings. The summed E-state index contributed by atoms with van der Waals surface area (Å²) in [4.78, 5) is 15.8. The first kappa shape index (κ1) is 21.1. The van der Waals surface area contributed by atoms with Crippen LogP contribution < -0.4 is 5.32 Å². The molecule has 0 aliphatic heterocycles. The quantitative estimate of drug-likeness (QED) is 0.400. The van der Waals surface area contributed by atoms with Crippen LogP contribution in [0.15, 0.2) is 53.8 Å². The monoisotopic (exact) mass is 435 g/mol. The summed E-state index contributed by atoms with van der Waals surface area (Å²) < 4.78 is 7.29. The molecule has 0 unspecified atom stereocenters. The SMILES string of the molecule is COCCn1c(SCC(=O)Nc2cc(C)cc(C)c2)nnc1-c1c[nH]c2ccccc12. The van der Waals surface area contributed by atoms with Crippen molar-refractivity contribution in [1.82, 2.24) is 19.7 Å². The standard InChI is InChI=1S/C23H25N5O2S/c1-15-10-16(2)12-17(11-15)25-21(29)14-31-23-27-26-22(28(23)8-9-30-3)19-13-24-20-7-5-4-6-18(19)20/h4-7,10-13,24H,8-9,14H2,1-3H3,(H,25,29). The number of benzene rings is 2. The van der Waals surface area contributed by atoms with Crippen molar-refractivity contribution in [3.63, 3.8) is 0 Å². The second-order valence-corrected chi connectivity index (χ2v) is 8.35. The van der Waals surface area contributed by atoms with Gasteiger partial charge in [-0.3, -0.25) is 9.36 Å². The van der Waals surface area contributed by atoms with Gasteiger partial charge in [-0.2, -0.15) is 0 Å². The van der Waals surface area contributed by atoms with Crippen LogP contribution in [0.4, 0.5) is 5.69 Å². The Morgan fingerprint density at radius 1 is 1.16 bits per heavy atom. The molecule has 0 spiro atoms. The molecule has 160 valence electrons. The number of methoxy groups -OCH3 is 1. The van der Waals surface area contributed by atoms with E-state index in [1.807, 2.05) is 54.9 Å². The minimum Gasteiger partial charge on any atom is -0.383 e. The van der Waals surface area contributed by atoms with E-state index >= 15 is 0 Å². The number of hydrogen-bond donors (Lipinski definition) is 2. The number of ether oxygens (including phenoxy) is 1. The smallest absolute Gasteiger partial charge is 0.234 e. The molecule has 31 heavy (non-hydrogen) atoms. The lowest BCUT2D eigenvalue weighted by Gasteiger charge is -2.10. The van der Waals surface area contributed by atoms with Crippen LogP contribution in [0.25, 0.3) is 22.3 Å². The number of para-hydroxylation sites is 1. The minimum absolute atomic E-state index is 0.0788. The molecule has 8 heteroatoms. The van der Waals surface area contributed by atoms with E-state index in [2.05, 4.69) is 32.6 Å². The molecule has 0 aliphatic rings. The molecule has 2 N–H and O–H groups in total. The molecule has 0 saturated carbocycles. The summed E-state index contributed by atoms with van der Waals surface area (Å²) in [7, 11) is 1.67. The number of amides is 1. The van der Waals surface area contributed by atoms with Crippen LogP contribution in [0.1, 0.15) is 11.1 Å². The first-order valence-corrected chi connectivity index (χ1v) is 11.0. The summed E-state index contributed by atoms with van der Waals surface area (Å²) in [5.74, 6) is 0.920. The zero-order valence-corrected chi connectivity index (χ0v) is 18.6. The lowest BCUT2D eigenvalue weighted by Crippen LogP contribution is -2.15. The molecule has 0 bridgehead atoms. The Hall–Kier alpha value is -3.10. The molecule has 4 rings (SSSR count). The maximum atomic E-state index is 12.5. The summed E-state index contributed by atoms with van der Waals surface area (Å²) in [6.07, 6.45) is 1.94. The number of nitrogens with one attached hydrogen (secondary N) is 2. The van der Waals surface area contributed by atoms with Crippen LogP contribution in [0.5, 0.6) is 0 Å². The number of carbonyl (C=O) groups is 1. The summed E-state index contributed by atoms with van der Waals surface area (Å²) in [6.45, 7) is 5.15. The molecule has 2 heterocycles. The molecule has 0 saturated heterocycles. The van der Waals surface area contributed by atoms with Crippen molar-refractivity contribution in [3.05, 3.63) is 59.8 Å². The van der Waals surface area contributed by atoms with Crippen LogP contribution in [0, 0.1) is 13.8 Å². The van der Waals surface area contributed by atoms with E-state index in [4.69, 9.17) is 4.74 Å². The number of rotatable bonds is 8. The van der Waals surface area contributed by atoms with Gasteiger partial charge in [-0.25, -0.2) is 0 Å². The Balaban J connectivity index is 1.53. The number of aromatic amines is 1. The van der Waals surface area contributed by atoms with Gasteiger partial charge in [-0.15, -0.1) is 10.2 Å². The number of anilines is 1. The van der Waals surface area contributed by atoms with Gasteiger partial charge in [0.15, 0.2) is 11.0 Å². The molecule has 2 aromatic carbocycles. The van der Waals surface area contributed by atoms with Gasteiger partial charge in [-0.05, 0) is 43.2 Å². The number of fused-ring (bicyclic) bond motifs is 1. The second-order valence-electron chi connectivity index (χ2n) is 7.41. The maximum absolute atomic E-state index is 12.5. The Labute approximate surface area is 185 Å². The average Bonchev–Trinajstić information content (AvgIpc) is 3.33. The second kappa shape index (κ2) is 9.36. The topological polar surface area (TPSA) is 84.8 Å². The molecule has 0 aliphatic carbocycles. The van der Waals surface area contributed by atoms with Gasteiger partial charge in [0.05, 0.1) is 18.9 Å². The molecule has 0 atom stereocenters. The van der Waals surface area contributed by atoms with Crippen LogP contribution in [0.2, 0.25) is 0 Å². The third-order valence-corrected chi connectivity index (χ3v) is 5.87. The van der Waals surface area contributed by atoms with E-state index in [1.54, 1.807) is 7.11 Å². The van der Waals surface area contributed by atoms with E-state index < -0.39 is 0 Å². The van der Waals surface area contributed by atoms with Gasteiger partial charge in [0.2, 0.25) is 5.91 Å². The van der Waals surface area contributed by atoms with Crippen LogP contribution >= 0.6 is 11.8 Å². The summed E-state index contributed by atoms with van der Waals surface area (Å²) in [5, 5.41) is 13.5. The molecule has 2 aromatic heterocycles. The summed E-state index contributed by atoms with van der Waals surface area (Å²) >= 11 is 1.37. The number of aromatic nitrogens is 4. The Bertz CT molecular complexity index is 1190. The molecule has 0 radical (unpaired) electrons. The molecule has 4 aromatic rings. The van der Waals surface area contributed by atoms with Crippen molar-refractivity contribution in [2.45, 2.75) is 25.5 Å². The predicted molar refractivity (Wildman–Crippen MR) is 124 cm³/mol. The van der Waals surface area contributed by atoms with E-state index in [0.717, 1.165) is 39.1 Å². The van der Waals surface area contributed by atoms with Crippen molar-refractivity contribution < 1.29 is 9.53 Å². The lowest BCUT2D eigenvalue weighted by atomic mass is 10.1. The van der Waals surface area contributed by atoms with E-state index in [0.29, 0.717) is 18.3 Å². The van der Waals surface area contributed by atoms with Gasteiger partial charge >= 0.3 is 0 Å². The predicted octanol–water partition coefficient (Wildman–Crippen LogP) is 4.42. The third kappa shape index (κ3) is 4.81. The number of aryl methyl sites for hydroxylation is 2. The van der Waals surface area contributed by atoms with Crippen LogP contribution in [0.3, 0.4) is 0 Å². The highest BCUT2D eigenvalue weighted by molar-refractivity contribution is 7.99. The number of nitrogens with zero attached hydrogens (tertiary/aromatic N) is 3. The lowest BCUT2D eigenvalue weighted by molar-refractivity contribution is -0.113. The summed E-state index contributed by atoms with van der Waals surface area (Å²) in [6, 6.07) is 14.1. The van der Waals surface area contributed by atoms with Gasteiger partial charge in [0, 0.05) is 35.5 Å². The normalized spacial score (nSPS) is 11.2. The Morgan fingerprint density at radius 3 is 2.71 bits per heavy atom. The van der Waals surface area contributed by atoms with Crippen LogP contribution in [-0.2, 0) is 16.1 Å². The average molecular weight is 436 g/mol. The third-order valence-electron chi connectivity index (χ3n) is 4.90. The fraction of sp³-hybridized carbons (Fsp3) is 0.261. The maximum Gasteiger partial charge on any atom is 0.234 e. The zero-order valence-electron chi connectivity index (χ0n) is 17.8. The number of carbonyl (C=O) groups excluding carboxylic acids is 1. The largest absolute Gasteiger partial charge is 0.383 e. The van der Waals surface area contributed by atoms with Crippen molar-refractivity contribution in [2.24, 2.45) is 0 Å². The zero-order chi connectivity index (χ0) is 21.8. The van der Waals surface area contributed by atoms with Crippen molar-refractivity contribution in [1.29, 1.82) is 0 Å². The Kier molecular flexibility index (Phi) is 6.39. The number of H-pyrrole nitrogens is 1. The van der Waals surface area contributed by atoms with E-state index in [-0.39, 0.29) is 11.7 Å². The van der Waals surface area contributed by atoms with Crippen molar-refractivity contribution >= 4 is 34.3 Å². The molecular weight excluding hydrogens is 410 g/mol. The highest BCUT2D eigenvalue weighted by Gasteiger charge is 2.18. The fourth-order valence-electron chi connectivity index (χ4n) is 3.61. The first-order valence-electron chi connectivity index (χ1n) is 10.0. The van der Waals surface area contributed by atoms with Crippen molar-refractivity contribution in [3.8, 4) is 11.4 Å². The minimum atomic E-state index is -0.0788. The highest BCUT2D eigenvalue weighted by atomic mass is 32.2. The molecular formula is C23H25N5O2S. The number of thioether (sulfide) groups is 1. The fourth-order valence-corrected chi connectivity index (χ4v) is 4.37. The Morgan fingerprint density at radius 2 is 1.94 bits per heavy atom. The first-order chi connectivity index (χ1) is 15.0. The highest BCUT2D eigenvalue weighted by Crippen LogP contribution is 2.30. The molecule has 1 amide bonds. The van der Waals surface area contributed by atoms with Gasteiger partial charge in [0.25, 0.3) is 0 Å². The van der Waals surface area contributed by atoms with E-state index in [1.165, 1.54) is 11.8 Å². The number of hydrogen-bond acceptors (Lipinski definition) is 5. The van der Waals surface area contributed by atoms with Gasteiger partial charge < -0.3 is 15.0 Å². The van der Waals surface area contributed by atoms with Gasteiger partial charge in [-0.1, -0.05) is 36.0 Å². The van der Waals surface area contributed by atoms with E-state index in [9.17, 15) is 4.79 Å². The van der Waals surface area contributed by atoms with Gasteiger partial charge in [0.1, 0.15) is 0 Å². The summed E-state index contributed by atoms with van der Waals surface area (Å²) in [5.41, 5.74) is 5.06. The van der Waals surface area contributed by atoms with Crippen molar-refractivity contribution in [2.75, 3.05) is 24.8 Å². The van der Waals surface area contributed by atoms with Crippen LogP contribution in [-0.4, -0.2) is 45.1 Å².